The number of hydrogen-bond donors (Lipinski definition) is 4. The number of aromatic carboxylic acids is 1. The molecule has 3 aromatic rings. The minimum Gasteiger partial charge on any atom is -0.507 e. The normalized spacial score (nSPS) is 13.7. The van der Waals surface area contributed by atoms with E-state index in [1.54, 1.807) is 0 Å². The number of carbonyl (C=O) groups is 3. The number of nitrogens with zero attached hydrogens (tertiary/aromatic N) is 1. The van der Waals surface area contributed by atoms with Crippen LogP contribution in [-0.4, -0.2) is 41.0 Å². The van der Waals surface area contributed by atoms with Crippen LogP contribution in [0.25, 0.3) is 10.8 Å². The van der Waals surface area contributed by atoms with E-state index in [0.29, 0.717) is 4.90 Å². The lowest BCUT2D eigenvalue weighted by Gasteiger charge is -2.28. The Balaban J connectivity index is 2.08. The molecule has 1 heterocycles. The lowest BCUT2D eigenvalue weighted by molar-refractivity contribution is 0.0692. The molecule has 30 heavy (non-hydrogen) atoms. The highest BCUT2D eigenvalue weighted by atomic mass is 32.2. The van der Waals surface area contributed by atoms with Gasteiger partial charge in [-0.1, -0.05) is 12.1 Å². The van der Waals surface area contributed by atoms with Crippen molar-refractivity contribution in [2.75, 3.05) is 10.6 Å². The van der Waals surface area contributed by atoms with Crippen LogP contribution in [-0.2, 0) is 10.1 Å². The van der Waals surface area contributed by atoms with Crippen molar-refractivity contribution in [1.29, 1.82) is 0 Å². The van der Waals surface area contributed by atoms with Crippen LogP contribution in [0.15, 0.2) is 47.4 Å². The molecular formula is C19H12N2O8S. The Labute approximate surface area is 168 Å². The third kappa shape index (κ3) is 2.68. The lowest BCUT2D eigenvalue weighted by atomic mass is 9.92. The number of hydrogen-bond acceptors (Lipinski definition) is 7. The second-order valence-electron chi connectivity index (χ2n) is 6.49. The summed E-state index contributed by atoms with van der Waals surface area (Å²) in [5.74, 6) is -4.04. The van der Waals surface area contributed by atoms with E-state index in [2.05, 4.69) is 0 Å². The Morgan fingerprint density at radius 2 is 1.73 bits per heavy atom. The first kappa shape index (κ1) is 19.4. The van der Waals surface area contributed by atoms with Gasteiger partial charge >= 0.3 is 5.97 Å². The van der Waals surface area contributed by atoms with Crippen molar-refractivity contribution in [3.05, 3.63) is 59.2 Å². The van der Waals surface area contributed by atoms with Crippen LogP contribution in [0.1, 0.15) is 31.1 Å². The van der Waals surface area contributed by atoms with Gasteiger partial charge in [-0.2, -0.15) is 8.42 Å². The van der Waals surface area contributed by atoms with Gasteiger partial charge in [0.1, 0.15) is 16.2 Å². The molecule has 0 unspecified atom stereocenters. The fraction of sp³-hybridized carbons (Fsp3) is 0. The molecule has 1 aliphatic rings. The number of imide groups is 1. The van der Waals surface area contributed by atoms with E-state index < -0.39 is 49.7 Å². The number of aromatic hydroxyl groups is 1. The smallest absolute Gasteiger partial charge is 0.339 e. The van der Waals surface area contributed by atoms with Crippen LogP contribution in [0.2, 0.25) is 0 Å². The molecule has 0 saturated heterocycles. The van der Waals surface area contributed by atoms with Gasteiger partial charge in [-0.3, -0.25) is 14.1 Å². The first-order valence-corrected chi connectivity index (χ1v) is 9.74. The molecule has 0 bridgehead atoms. The molecule has 0 atom stereocenters. The van der Waals surface area contributed by atoms with Gasteiger partial charge in [0.05, 0.1) is 11.3 Å². The number of anilines is 2. The maximum absolute atomic E-state index is 13.2. The number of phenols is 1. The molecule has 4 rings (SSSR count). The van der Waals surface area contributed by atoms with E-state index in [0.717, 1.165) is 24.3 Å². The van der Waals surface area contributed by atoms with E-state index >= 15 is 0 Å². The summed E-state index contributed by atoms with van der Waals surface area (Å²) < 4.78 is 33.5. The maximum atomic E-state index is 13.2. The van der Waals surface area contributed by atoms with Gasteiger partial charge in [0.25, 0.3) is 21.9 Å². The molecule has 1 aliphatic heterocycles. The Bertz CT molecular complexity index is 1410. The Morgan fingerprint density at radius 3 is 2.37 bits per heavy atom. The van der Waals surface area contributed by atoms with Gasteiger partial charge in [-0.05, 0) is 30.3 Å². The molecule has 10 nitrogen and oxygen atoms in total. The minimum absolute atomic E-state index is 0.0337. The van der Waals surface area contributed by atoms with E-state index in [1.165, 1.54) is 18.2 Å². The number of carboxylic acids is 1. The van der Waals surface area contributed by atoms with Gasteiger partial charge in [0.15, 0.2) is 0 Å². The third-order valence-corrected chi connectivity index (χ3v) is 5.63. The van der Waals surface area contributed by atoms with E-state index in [9.17, 15) is 37.6 Å². The fourth-order valence-electron chi connectivity index (χ4n) is 3.46. The SMILES string of the molecule is Nc1cc(S(=O)(=O)O)c2c3c(cccc13)C(=O)N(c1ccc(O)c(C(=O)O)c1)C2=O. The molecule has 11 heteroatoms. The zero-order valence-electron chi connectivity index (χ0n) is 14.9. The standard InChI is InChI=1S/C19H12N2O8S/c20-12-7-14(30(27,28)29)16-15-9(12)2-1-3-10(15)17(23)21(18(16)24)8-4-5-13(22)11(6-8)19(25)26/h1-7,22H,20H2,(H,25,26)(H,27,28,29). The van der Waals surface area contributed by atoms with Crippen LogP contribution < -0.4 is 10.6 Å². The van der Waals surface area contributed by atoms with E-state index in [1.807, 2.05) is 0 Å². The quantitative estimate of drug-likeness (QED) is 0.276. The van der Waals surface area contributed by atoms with Gasteiger partial charge < -0.3 is 15.9 Å². The number of nitrogen functional groups attached to an aromatic ring is 1. The van der Waals surface area contributed by atoms with Gasteiger partial charge in [0.2, 0.25) is 0 Å². The predicted octanol–water partition coefficient (Wildman–Crippen LogP) is 1.87. The van der Waals surface area contributed by atoms with Crippen molar-refractivity contribution in [2.45, 2.75) is 4.90 Å². The topological polar surface area (TPSA) is 175 Å². The van der Waals surface area contributed by atoms with Gasteiger partial charge in [-0.15, -0.1) is 0 Å². The number of rotatable bonds is 3. The molecule has 2 amide bonds. The number of amides is 2. The minimum atomic E-state index is -4.90. The molecule has 0 radical (unpaired) electrons. The zero-order valence-corrected chi connectivity index (χ0v) is 15.7. The Kier molecular flexibility index (Phi) is 4.05. The van der Waals surface area contributed by atoms with Gasteiger partial charge in [-0.25, -0.2) is 9.69 Å². The first-order valence-electron chi connectivity index (χ1n) is 8.30. The molecule has 0 aliphatic carbocycles. The van der Waals surface area contributed by atoms with Crippen LogP contribution in [0.4, 0.5) is 11.4 Å². The highest BCUT2D eigenvalue weighted by Crippen LogP contribution is 2.39. The summed E-state index contributed by atoms with van der Waals surface area (Å²) in [6.45, 7) is 0. The molecule has 152 valence electrons. The predicted molar refractivity (Wildman–Crippen MR) is 104 cm³/mol. The summed E-state index contributed by atoms with van der Waals surface area (Å²) in [5.41, 5.74) is 4.50. The van der Waals surface area contributed by atoms with Crippen LogP contribution in [0.5, 0.6) is 5.75 Å². The molecule has 0 spiro atoms. The van der Waals surface area contributed by atoms with E-state index in [-0.39, 0.29) is 27.7 Å². The van der Waals surface area contributed by atoms with Crippen molar-refractivity contribution >= 4 is 50.0 Å². The Hall–Kier alpha value is -3.96. The average molecular weight is 428 g/mol. The van der Waals surface area contributed by atoms with Crippen LogP contribution in [0.3, 0.4) is 0 Å². The third-order valence-electron chi connectivity index (χ3n) is 4.76. The number of benzene rings is 3. The van der Waals surface area contributed by atoms with Crippen molar-refractivity contribution in [1.82, 2.24) is 0 Å². The molecule has 3 aromatic carbocycles. The van der Waals surface area contributed by atoms with Crippen molar-refractivity contribution < 1.29 is 37.6 Å². The van der Waals surface area contributed by atoms with Crippen molar-refractivity contribution in [3.63, 3.8) is 0 Å². The molecule has 0 saturated carbocycles. The van der Waals surface area contributed by atoms with E-state index in [4.69, 9.17) is 5.73 Å². The van der Waals surface area contributed by atoms with Gasteiger partial charge in [0, 0.05) is 22.0 Å². The number of carbonyl (C=O) groups excluding carboxylic acids is 2. The highest BCUT2D eigenvalue weighted by molar-refractivity contribution is 7.86. The van der Waals surface area contributed by atoms with Crippen LogP contribution in [0, 0.1) is 0 Å². The maximum Gasteiger partial charge on any atom is 0.339 e. The fourth-order valence-corrected chi connectivity index (χ4v) is 4.19. The molecule has 5 N–H and O–H groups in total. The average Bonchev–Trinajstić information content (AvgIpc) is 2.67. The zero-order chi connectivity index (χ0) is 22.0. The molecule has 0 fully saturated rings. The summed E-state index contributed by atoms with van der Waals surface area (Å²) in [7, 11) is -4.90. The van der Waals surface area contributed by atoms with Crippen molar-refractivity contribution in [2.24, 2.45) is 0 Å². The van der Waals surface area contributed by atoms with Crippen molar-refractivity contribution in [3.8, 4) is 5.75 Å². The number of nitrogens with two attached hydrogens (primary N) is 1. The molecular weight excluding hydrogens is 416 g/mol. The summed E-state index contributed by atoms with van der Waals surface area (Å²) in [6, 6.07) is 8.26. The second kappa shape index (κ2) is 6.27. The lowest BCUT2D eigenvalue weighted by Crippen LogP contribution is -2.41. The number of carboxylic acid groups (broad SMARTS) is 1. The summed E-state index contributed by atoms with van der Waals surface area (Å²) in [6.07, 6.45) is 0. The van der Waals surface area contributed by atoms with Crippen LogP contribution >= 0.6 is 0 Å². The molecule has 0 aromatic heterocycles. The largest absolute Gasteiger partial charge is 0.507 e. The summed E-state index contributed by atoms with van der Waals surface area (Å²) >= 11 is 0. The highest BCUT2D eigenvalue weighted by Gasteiger charge is 2.39. The first-order chi connectivity index (χ1) is 14.0. The monoisotopic (exact) mass is 428 g/mol. The Morgan fingerprint density at radius 1 is 1.03 bits per heavy atom. The second-order valence-corrected chi connectivity index (χ2v) is 7.88. The summed E-state index contributed by atoms with van der Waals surface area (Å²) in [5, 5.41) is 19.1. The summed E-state index contributed by atoms with van der Waals surface area (Å²) in [4.78, 5) is 37.5.